The van der Waals surface area contributed by atoms with Crippen LogP contribution in [0.25, 0.3) is 0 Å². The molecule has 1 aliphatic carbocycles. The molecule has 0 saturated heterocycles. The maximum Gasteiger partial charge on any atom is 0.160 e. The summed E-state index contributed by atoms with van der Waals surface area (Å²) in [6.45, 7) is 1.53. The average Bonchev–Trinajstić information content (AvgIpc) is 2.46. The van der Waals surface area contributed by atoms with Gasteiger partial charge in [0.2, 0.25) is 0 Å². The van der Waals surface area contributed by atoms with Gasteiger partial charge in [-0.2, -0.15) is 0 Å². The van der Waals surface area contributed by atoms with Crippen molar-refractivity contribution in [2.75, 3.05) is 0 Å². The standard InChI is InChI=1S/C17H16FNO/c1-11(20)14-8-7-13(18)10-16(14)15-6-2-4-12-5-3-9-19-17(12)15/h3,5,7-10,15H,2,4,6H2,1H3. The summed E-state index contributed by atoms with van der Waals surface area (Å²) < 4.78 is 13.6. The van der Waals surface area contributed by atoms with Gasteiger partial charge in [0.15, 0.2) is 5.78 Å². The minimum atomic E-state index is -0.298. The fourth-order valence-corrected chi connectivity index (χ4v) is 3.05. The third-order valence-corrected chi connectivity index (χ3v) is 3.96. The number of hydrogen-bond acceptors (Lipinski definition) is 2. The first-order chi connectivity index (χ1) is 9.66. The first-order valence-corrected chi connectivity index (χ1v) is 6.91. The molecule has 1 atom stereocenters. The van der Waals surface area contributed by atoms with Gasteiger partial charge in [0.05, 0.1) is 5.69 Å². The minimum Gasteiger partial charge on any atom is -0.295 e. The molecule has 3 heteroatoms. The number of aromatic nitrogens is 1. The number of ketones is 1. The van der Waals surface area contributed by atoms with E-state index in [4.69, 9.17) is 0 Å². The van der Waals surface area contributed by atoms with Gasteiger partial charge in [-0.15, -0.1) is 0 Å². The fourth-order valence-electron chi connectivity index (χ4n) is 3.05. The molecule has 0 saturated carbocycles. The highest BCUT2D eigenvalue weighted by Crippen LogP contribution is 2.37. The number of fused-ring (bicyclic) bond motifs is 1. The van der Waals surface area contributed by atoms with Crippen LogP contribution in [-0.4, -0.2) is 10.8 Å². The zero-order valence-corrected chi connectivity index (χ0v) is 11.4. The summed E-state index contributed by atoms with van der Waals surface area (Å²) in [7, 11) is 0. The van der Waals surface area contributed by atoms with E-state index in [1.54, 1.807) is 12.3 Å². The Balaban J connectivity index is 2.15. The highest BCUT2D eigenvalue weighted by atomic mass is 19.1. The van der Waals surface area contributed by atoms with Crippen molar-refractivity contribution < 1.29 is 9.18 Å². The van der Waals surface area contributed by atoms with Crippen molar-refractivity contribution in [1.82, 2.24) is 4.98 Å². The Bertz CT molecular complexity index is 666. The maximum absolute atomic E-state index is 13.6. The normalized spacial score (nSPS) is 17.6. The molecule has 0 spiro atoms. The number of rotatable bonds is 2. The van der Waals surface area contributed by atoms with Crippen molar-refractivity contribution in [3.05, 3.63) is 64.7 Å². The average molecular weight is 269 g/mol. The Morgan fingerprint density at radius 3 is 3.00 bits per heavy atom. The Morgan fingerprint density at radius 2 is 2.20 bits per heavy atom. The van der Waals surface area contributed by atoms with E-state index in [9.17, 15) is 9.18 Å². The summed E-state index contributed by atoms with van der Waals surface area (Å²) >= 11 is 0. The Morgan fingerprint density at radius 1 is 1.35 bits per heavy atom. The van der Waals surface area contributed by atoms with Crippen LogP contribution in [0.1, 0.15) is 52.9 Å². The van der Waals surface area contributed by atoms with Gasteiger partial charge < -0.3 is 0 Å². The molecule has 102 valence electrons. The molecule has 0 radical (unpaired) electrons. The van der Waals surface area contributed by atoms with Crippen molar-refractivity contribution in [2.24, 2.45) is 0 Å². The lowest BCUT2D eigenvalue weighted by atomic mass is 9.80. The van der Waals surface area contributed by atoms with E-state index >= 15 is 0 Å². The van der Waals surface area contributed by atoms with E-state index in [-0.39, 0.29) is 17.5 Å². The fraction of sp³-hybridized carbons (Fsp3) is 0.294. The smallest absolute Gasteiger partial charge is 0.160 e. The third kappa shape index (κ3) is 2.24. The van der Waals surface area contributed by atoms with Crippen molar-refractivity contribution in [3.8, 4) is 0 Å². The first-order valence-electron chi connectivity index (χ1n) is 6.91. The SMILES string of the molecule is CC(=O)c1ccc(F)cc1C1CCCc2cccnc21. The second-order valence-corrected chi connectivity index (χ2v) is 5.28. The largest absolute Gasteiger partial charge is 0.295 e. The molecule has 0 aliphatic heterocycles. The number of pyridine rings is 1. The second kappa shape index (κ2) is 5.16. The van der Waals surface area contributed by atoms with Crippen LogP contribution < -0.4 is 0 Å². The van der Waals surface area contributed by atoms with Crippen LogP contribution >= 0.6 is 0 Å². The van der Waals surface area contributed by atoms with E-state index < -0.39 is 0 Å². The number of halogens is 1. The highest BCUT2D eigenvalue weighted by molar-refractivity contribution is 5.95. The molecule has 0 N–H and O–H groups in total. The zero-order valence-electron chi connectivity index (χ0n) is 11.4. The summed E-state index contributed by atoms with van der Waals surface area (Å²) in [4.78, 5) is 16.3. The molecule has 1 heterocycles. The summed E-state index contributed by atoms with van der Waals surface area (Å²) in [5, 5.41) is 0. The number of carbonyl (C=O) groups is 1. The van der Waals surface area contributed by atoms with Gasteiger partial charge in [-0.05, 0) is 61.6 Å². The molecule has 20 heavy (non-hydrogen) atoms. The van der Waals surface area contributed by atoms with Crippen molar-refractivity contribution in [1.29, 1.82) is 0 Å². The van der Waals surface area contributed by atoms with Crippen LogP contribution in [-0.2, 0) is 6.42 Å². The van der Waals surface area contributed by atoms with Crippen LogP contribution in [0.2, 0.25) is 0 Å². The van der Waals surface area contributed by atoms with Crippen LogP contribution in [0.15, 0.2) is 36.5 Å². The van der Waals surface area contributed by atoms with Gasteiger partial charge in [0.25, 0.3) is 0 Å². The molecule has 1 unspecified atom stereocenters. The van der Waals surface area contributed by atoms with Crippen molar-refractivity contribution >= 4 is 5.78 Å². The lowest BCUT2D eigenvalue weighted by molar-refractivity contribution is 0.101. The zero-order chi connectivity index (χ0) is 14.1. The van der Waals surface area contributed by atoms with Gasteiger partial charge in [0, 0.05) is 17.7 Å². The summed E-state index contributed by atoms with van der Waals surface area (Å²) in [6.07, 6.45) is 4.72. The third-order valence-electron chi connectivity index (χ3n) is 3.96. The van der Waals surface area contributed by atoms with Gasteiger partial charge >= 0.3 is 0 Å². The molecular formula is C17H16FNO. The Hall–Kier alpha value is -2.03. The van der Waals surface area contributed by atoms with Crippen LogP contribution in [0, 0.1) is 5.82 Å². The molecule has 0 fully saturated rings. The van der Waals surface area contributed by atoms with Crippen molar-refractivity contribution in [2.45, 2.75) is 32.1 Å². The molecule has 1 aromatic carbocycles. The van der Waals surface area contributed by atoms with Crippen LogP contribution in [0.4, 0.5) is 4.39 Å². The molecule has 0 amide bonds. The summed E-state index contributed by atoms with van der Waals surface area (Å²) in [5.74, 6) is -0.300. The van der Waals surface area contributed by atoms with Crippen LogP contribution in [0.3, 0.4) is 0 Å². The van der Waals surface area contributed by atoms with Crippen molar-refractivity contribution in [3.63, 3.8) is 0 Å². The molecule has 1 aliphatic rings. The molecule has 0 bridgehead atoms. The summed E-state index contributed by atoms with van der Waals surface area (Å²) in [6, 6.07) is 8.43. The van der Waals surface area contributed by atoms with Gasteiger partial charge in [-0.3, -0.25) is 9.78 Å². The van der Waals surface area contributed by atoms with Gasteiger partial charge in [-0.1, -0.05) is 6.07 Å². The number of carbonyl (C=O) groups excluding carboxylic acids is 1. The monoisotopic (exact) mass is 269 g/mol. The predicted octanol–water partition coefficient (Wildman–Crippen LogP) is 3.89. The molecule has 2 nitrogen and oxygen atoms in total. The van der Waals surface area contributed by atoms with E-state index in [1.807, 2.05) is 6.07 Å². The number of nitrogens with zero attached hydrogens (tertiary/aromatic N) is 1. The number of Topliss-reactive ketones (excluding diaryl/α,β-unsaturated/α-hetero) is 1. The Labute approximate surface area is 117 Å². The molecule has 1 aromatic heterocycles. The number of hydrogen-bond donors (Lipinski definition) is 0. The summed E-state index contributed by atoms with van der Waals surface area (Å²) in [5.41, 5.74) is 3.58. The van der Waals surface area contributed by atoms with Crippen LogP contribution in [0.5, 0.6) is 0 Å². The topological polar surface area (TPSA) is 30.0 Å². The molecule has 2 aromatic rings. The Kier molecular flexibility index (Phi) is 3.35. The van der Waals surface area contributed by atoms with Gasteiger partial charge in [0.1, 0.15) is 5.82 Å². The minimum absolute atomic E-state index is 0.0227. The van der Waals surface area contributed by atoms with E-state index in [2.05, 4.69) is 11.1 Å². The second-order valence-electron chi connectivity index (χ2n) is 5.28. The molecular weight excluding hydrogens is 253 g/mol. The number of aryl methyl sites for hydroxylation is 1. The van der Waals surface area contributed by atoms with Gasteiger partial charge in [-0.25, -0.2) is 4.39 Å². The van der Waals surface area contributed by atoms with E-state index in [0.717, 1.165) is 30.5 Å². The lowest BCUT2D eigenvalue weighted by Gasteiger charge is -2.26. The van der Waals surface area contributed by atoms with E-state index in [0.29, 0.717) is 5.56 Å². The van der Waals surface area contributed by atoms with E-state index in [1.165, 1.54) is 24.6 Å². The highest BCUT2D eigenvalue weighted by Gasteiger charge is 2.26. The quantitative estimate of drug-likeness (QED) is 0.774. The molecule has 3 rings (SSSR count). The predicted molar refractivity (Wildman–Crippen MR) is 75.4 cm³/mol. The lowest BCUT2D eigenvalue weighted by Crippen LogP contribution is -2.15. The maximum atomic E-state index is 13.6. The number of benzene rings is 1. The first kappa shape index (κ1) is 13.0.